The van der Waals surface area contributed by atoms with E-state index in [9.17, 15) is 9.59 Å². The molecule has 2 atom stereocenters. The molecule has 2 saturated carbocycles. The van der Waals surface area contributed by atoms with E-state index in [0.29, 0.717) is 5.92 Å². The molecule has 2 aliphatic carbocycles. The number of piperazine rings is 1. The van der Waals surface area contributed by atoms with Crippen LogP contribution in [0, 0.1) is 5.92 Å². The molecule has 1 N–H and O–H groups in total. The van der Waals surface area contributed by atoms with Crippen molar-refractivity contribution in [2.24, 2.45) is 5.92 Å². The first-order chi connectivity index (χ1) is 9.12. The second-order valence-electron chi connectivity index (χ2n) is 6.60. The van der Waals surface area contributed by atoms with Crippen LogP contribution in [0.15, 0.2) is 0 Å². The van der Waals surface area contributed by atoms with E-state index < -0.39 is 5.54 Å². The second-order valence-corrected chi connectivity index (χ2v) is 6.60. The van der Waals surface area contributed by atoms with E-state index in [1.807, 2.05) is 4.90 Å². The molecule has 3 fully saturated rings. The van der Waals surface area contributed by atoms with Crippen molar-refractivity contribution in [2.45, 2.75) is 69.9 Å². The topological polar surface area (TPSA) is 49.4 Å². The maximum Gasteiger partial charge on any atom is 0.249 e. The van der Waals surface area contributed by atoms with Gasteiger partial charge in [-0.3, -0.25) is 9.59 Å². The van der Waals surface area contributed by atoms with Gasteiger partial charge in [-0.2, -0.15) is 0 Å². The van der Waals surface area contributed by atoms with Crippen LogP contribution in [0.4, 0.5) is 0 Å². The molecule has 0 bridgehead atoms. The van der Waals surface area contributed by atoms with Gasteiger partial charge in [0.2, 0.25) is 11.8 Å². The summed E-state index contributed by atoms with van der Waals surface area (Å²) in [4.78, 5) is 26.8. The zero-order valence-electron chi connectivity index (χ0n) is 11.8. The van der Waals surface area contributed by atoms with Gasteiger partial charge >= 0.3 is 0 Å². The first-order valence-electron chi connectivity index (χ1n) is 7.74. The van der Waals surface area contributed by atoms with Crippen LogP contribution in [0.3, 0.4) is 0 Å². The molecule has 4 heteroatoms. The highest BCUT2D eigenvalue weighted by Gasteiger charge is 2.49. The maximum atomic E-state index is 12.9. The molecule has 0 aromatic carbocycles. The van der Waals surface area contributed by atoms with Gasteiger partial charge < -0.3 is 10.2 Å². The third-order valence-corrected chi connectivity index (χ3v) is 5.29. The van der Waals surface area contributed by atoms with E-state index in [0.717, 1.165) is 32.1 Å². The van der Waals surface area contributed by atoms with Gasteiger partial charge in [0.15, 0.2) is 0 Å². The Kier molecular flexibility index (Phi) is 3.27. The van der Waals surface area contributed by atoms with Gasteiger partial charge in [-0.05, 0) is 31.6 Å². The highest BCUT2D eigenvalue weighted by Crippen LogP contribution is 2.36. The van der Waals surface area contributed by atoms with E-state index in [4.69, 9.17) is 0 Å². The first kappa shape index (κ1) is 12.9. The number of amides is 2. The molecule has 2 amide bonds. The van der Waals surface area contributed by atoms with Gasteiger partial charge in [0, 0.05) is 6.04 Å². The summed E-state index contributed by atoms with van der Waals surface area (Å²) in [5, 5.41) is 3.02. The predicted octanol–water partition coefficient (Wildman–Crippen LogP) is 1.84. The number of hydrogen-bond donors (Lipinski definition) is 1. The molecule has 1 aliphatic heterocycles. The smallest absolute Gasteiger partial charge is 0.249 e. The van der Waals surface area contributed by atoms with Gasteiger partial charge in [0.05, 0.1) is 6.54 Å². The zero-order chi connectivity index (χ0) is 13.5. The Morgan fingerprint density at radius 3 is 2.47 bits per heavy atom. The molecule has 1 heterocycles. The fourth-order valence-electron chi connectivity index (χ4n) is 4.21. The Balaban J connectivity index is 1.84. The number of nitrogens with zero attached hydrogens (tertiary/aromatic N) is 1. The average molecular weight is 264 g/mol. The third kappa shape index (κ3) is 2.15. The van der Waals surface area contributed by atoms with Crippen molar-refractivity contribution in [3.8, 4) is 0 Å². The molecule has 0 aromatic heterocycles. The first-order valence-corrected chi connectivity index (χ1v) is 7.74. The molecule has 1 spiro atoms. The van der Waals surface area contributed by atoms with Crippen molar-refractivity contribution in [3.05, 3.63) is 0 Å². The van der Waals surface area contributed by atoms with Crippen molar-refractivity contribution in [1.82, 2.24) is 10.2 Å². The molecule has 2 unspecified atom stereocenters. The molecular formula is C15H24N2O2. The lowest BCUT2D eigenvalue weighted by Crippen LogP contribution is -2.69. The van der Waals surface area contributed by atoms with Crippen molar-refractivity contribution in [3.63, 3.8) is 0 Å². The lowest BCUT2D eigenvalue weighted by Gasteiger charge is -2.46. The number of carbonyl (C=O) groups excluding carboxylic acids is 2. The van der Waals surface area contributed by atoms with Crippen LogP contribution in [-0.2, 0) is 9.59 Å². The summed E-state index contributed by atoms with van der Waals surface area (Å²) in [6.07, 6.45) is 8.39. The Morgan fingerprint density at radius 1 is 1.11 bits per heavy atom. The SMILES string of the molecule is CC1CCCC1N1CC(=O)NC2(CCCCC2)C1=O. The molecular weight excluding hydrogens is 240 g/mol. The monoisotopic (exact) mass is 264 g/mol. The van der Waals surface area contributed by atoms with Crippen LogP contribution < -0.4 is 5.32 Å². The maximum absolute atomic E-state index is 12.9. The Labute approximate surface area is 114 Å². The molecule has 0 aromatic rings. The largest absolute Gasteiger partial charge is 0.340 e. The molecule has 3 rings (SSSR count). The van der Waals surface area contributed by atoms with Gasteiger partial charge in [0.25, 0.3) is 0 Å². The van der Waals surface area contributed by atoms with Gasteiger partial charge in [0.1, 0.15) is 5.54 Å². The van der Waals surface area contributed by atoms with Crippen molar-refractivity contribution in [1.29, 1.82) is 0 Å². The number of hydrogen-bond acceptors (Lipinski definition) is 2. The number of nitrogens with one attached hydrogen (secondary N) is 1. The molecule has 4 nitrogen and oxygen atoms in total. The Morgan fingerprint density at radius 2 is 1.84 bits per heavy atom. The summed E-state index contributed by atoms with van der Waals surface area (Å²) < 4.78 is 0. The molecule has 0 radical (unpaired) electrons. The average Bonchev–Trinajstić information content (AvgIpc) is 2.81. The van der Waals surface area contributed by atoms with E-state index in [1.165, 1.54) is 19.3 Å². The summed E-state index contributed by atoms with van der Waals surface area (Å²) in [6, 6.07) is 0.289. The van der Waals surface area contributed by atoms with E-state index >= 15 is 0 Å². The van der Waals surface area contributed by atoms with Crippen LogP contribution in [0.5, 0.6) is 0 Å². The fraction of sp³-hybridized carbons (Fsp3) is 0.867. The van der Waals surface area contributed by atoms with Crippen LogP contribution in [-0.4, -0.2) is 34.8 Å². The van der Waals surface area contributed by atoms with Gasteiger partial charge in [-0.1, -0.05) is 32.6 Å². The summed E-state index contributed by atoms with van der Waals surface area (Å²) in [5.74, 6) is 0.779. The molecule has 19 heavy (non-hydrogen) atoms. The summed E-state index contributed by atoms with van der Waals surface area (Å²) >= 11 is 0. The quantitative estimate of drug-likeness (QED) is 0.785. The van der Waals surface area contributed by atoms with Crippen LogP contribution in [0.1, 0.15) is 58.3 Å². The molecule has 1 saturated heterocycles. The van der Waals surface area contributed by atoms with E-state index in [1.54, 1.807) is 0 Å². The Bertz CT molecular complexity index is 388. The fourth-order valence-corrected chi connectivity index (χ4v) is 4.21. The third-order valence-electron chi connectivity index (χ3n) is 5.29. The summed E-state index contributed by atoms with van der Waals surface area (Å²) in [5.41, 5.74) is -0.560. The summed E-state index contributed by atoms with van der Waals surface area (Å²) in [6.45, 7) is 2.49. The minimum Gasteiger partial charge on any atom is -0.340 e. The minimum absolute atomic E-state index is 0.0422. The lowest BCUT2D eigenvalue weighted by molar-refractivity contribution is -0.154. The summed E-state index contributed by atoms with van der Waals surface area (Å²) in [7, 11) is 0. The van der Waals surface area contributed by atoms with Crippen LogP contribution in [0.2, 0.25) is 0 Å². The molecule has 106 valence electrons. The molecule has 3 aliphatic rings. The van der Waals surface area contributed by atoms with Crippen molar-refractivity contribution in [2.75, 3.05) is 6.54 Å². The van der Waals surface area contributed by atoms with Crippen molar-refractivity contribution >= 4 is 11.8 Å². The number of carbonyl (C=O) groups is 2. The normalized spacial score (nSPS) is 34.7. The highest BCUT2D eigenvalue weighted by atomic mass is 16.2. The van der Waals surface area contributed by atoms with Gasteiger partial charge in [-0.25, -0.2) is 0 Å². The van der Waals surface area contributed by atoms with Crippen LogP contribution in [0.25, 0.3) is 0 Å². The van der Waals surface area contributed by atoms with Crippen LogP contribution >= 0.6 is 0 Å². The highest BCUT2D eigenvalue weighted by molar-refractivity contribution is 5.98. The minimum atomic E-state index is -0.560. The van der Waals surface area contributed by atoms with E-state index in [-0.39, 0.29) is 24.4 Å². The standard InChI is InChI=1S/C15H24N2O2/c1-11-6-5-7-12(11)17-10-13(18)16-15(14(17)19)8-3-2-4-9-15/h11-12H,2-10H2,1H3,(H,16,18). The van der Waals surface area contributed by atoms with E-state index in [2.05, 4.69) is 12.2 Å². The number of rotatable bonds is 1. The zero-order valence-corrected chi connectivity index (χ0v) is 11.8. The lowest BCUT2D eigenvalue weighted by atomic mass is 9.78. The van der Waals surface area contributed by atoms with Crippen molar-refractivity contribution < 1.29 is 9.59 Å². The second kappa shape index (κ2) is 4.80. The Hall–Kier alpha value is -1.06. The van der Waals surface area contributed by atoms with Gasteiger partial charge in [-0.15, -0.1) is 0 Å². The predicted molar refractivity (Wildman–Crippen MR) is 72.5 cm³/mol.